The highest BCUT2D eigenvalue weighted by molar-refractivity contribution is 8.00. The molecule has 7 rings (SSSR count). The summed E-state index contributed by atoms with van der Waals surface area (Å²) in [7, 11) is 0. The molecule has 0 N–H and O–H groups in total. The van der Waals surface area contributed by atoms with Gasteiger partial charge in [0.1, 0.15) is 11.3 Å². The van der Waals surface area contributed by atoms with Crippen molar-refractivity contribution in [2.75, 3.05) is 0 Å². The predicted octanol–water partition coefficient (Wildman–Crippen LogP) is 5.59. The number of benzene rings is 1. The van der Waals surface area contributed by atoms with Gasteiger partial charge in [-0.1, -0.05) is 34.6 Å². The average molecular weight is 653 g/mol. The van der Waals surface area contributed by atoms with E-state index in [1.54, 1.807) is 12.1 Å². The molecule has 11 heteroatoms. The Labute approximate surface area is 271 Å². The van der Waals surface area contributed by atoms with Gasteiger partial charge in [0.25, 0.3) is 0 Å². The third-order valence-corrected chi connectivity index (χ3v) is 14.2. The molecule has 0 amide bonds. The molecule has 5 aliphatic rings. The Morgan fingerprint density at radius 3 is 1.87 bits per heavy atom. The van der Waals surface area contributed by atoms with Gasteiger partial charge in [0.2, 0.25) is 11.2 Å². The van der Waals surface area contributed by atoms with Gasteiger partial charge in [-0.25, -0.2) is 9.59 Å². The first-order valence-electron chi connectivity index (χ1n) is 16.1. The van der Waals surface area contributed by atoms with Crippen LogP contribution in [0.5, 0.6) is 0 Å². The van der Waals surface area contributed by atoms with Crippen LogP contribution in [0.2, 0.25) is 0 Å². The van der Waals surface area contributed by atoms with Gasteiger partial charge in [-0.3, -0.25) is 14.4 Å². The molecule has 0 spiro atoms. The lowest BCUT2D eigenvalue weighted by Gasteiger charge is -2.41. The van der Waals surface area contributed by atoms with Crippen LogP contribution in [-0.4, -0.2) is 46.4 Å². The molecule has 4 heterocycles. The van der Waals surface area contributed by atoms with Gasteiger partial charge in [-0.15, -0.1) is 11.8 Å². The molecule has 7 atom stereocenters. The maximum absolute atomic E-state index is 14.4. The third-order valence-electron chi connectivity index (χ3n) is 13.0. The largest absolute Gasteiger partial charge is 0.460 e. The van der Waals surface area contributed by atoms with E-state index in [1.807, 2.05) is 55.4 Å². The summed E-state index contributed by atoms with van der Waals surface area (Å²) in [6.45, 7) is 14.7. The third kappa shape index (κ3) is 3.48. The number of hydrogen-bond acceptors (Lipinski definition) is 11. The fourth-order valence-electron chi connectivity index (χ4n) is 8.61. The number of thioether (sulfide) groups is 1. The van der Waals surface area contributed by atoms with E-state index in [0.717, 1.165) is 0 Å². The van der Waals surface area contributed by atoms with Crippen LogP contribution in [0.25, 0.3) is 11.0 Å². The molecule has 2 saturated carbocycles. The zero-order chi connectivity index (χ0) is 33.4. The molecule has 246 valence electrons. The van der Waals surface area contributed by atoms with Gasteiger partial charge in [0, 0.05) is 33.5 Å². The molecule has 1 aromatic heterocycles. The fraction of sp³-hybridized carbons (Fsp3) is 0.629. The van der Waals surface area contributed by atoms with Crippen LogP contribution in [0, 0.1) is 21.7 Å². The van der Waals surface area contributed by atoms with E-state index in [4.69, 9.17) is 23.4 Å². The SMILES string of the molecule is CCc1cc(=O)c2ccc3c(c2o1)[C@H](OC(=O)[C@]12CC[C@](C)(C(=O)O1)C2(C)C)[C@H](OC(=O)[C@]12CC[C@](C)(C(=O)O1)C2(C)C)[C@@H](C)S3. The molecular formula is C35H40O10S. The highest BCUT2D eigenvalue weighted by Gasteiger charge is 2.78. The summed E-state index contributed by atoms with van der Waals surface area (Å²) in [4.78, 5) is 68.7. The van der Waals surface area contributed by atoms with Crippen molar-refractivity contribution in [1.29, 1.82) is 0 Å². The lowest BCUT2D eigenvalue weighted by Crippen LogP contribution is -2.53. The number of hydrogen-bond donors (Lipinski definition) is 0. The summed E-state index contributed by atoms with van der Waals surface area (Å²) in [6.07, 6.45) is -0.306. The van der Waals surface area contributed by atoms with Crippen LogP contribution in [0.3, 0.4) is 0 Å². The molecule has 2 aromatic rings. The minimum atomic E-state index is -1.55. The second-order valence-corrected chi connectivity index (χ2v) is 16.6. The maximum atomic E-state index is 14.4. The number of carbonyl (C=O) groups excluding carboxylic acids is 4. The molecule has 2 aliphatic carbocycles. The number of ether oxygens (including phenoxy) is 4. The highest BCUT2D eigenvalue weighted by Crippen LogP contribution is 2.67. The molecule has 10 nitrogen and oxygen atoms in total. The first-order chi connectivity index (χ1) is 21.4. The van der Waals surface area contributed by atoms with Crippen molar-refractivity contribution in [3.63, 3.8) is 0 Å². The maximum Gasteiger partial charge on any atom is 0.351 e. The van der Waals surface area contributed by atoms with Crippen LogP contribution >= 0.6 is 11.8 Å². The highest BCUT2D eigenvalue weighted by atomic mass is 32.2. The number of fused-ring (bicyclic) bond motifs is 7. The van der Waals surface area contributed by atoms with E-state index in [9.17, 15) is 24.0 Å². The first kappa shape index (κ1) is 31.3. The number of aryl methyl sites for hydroxylation is 1. The van der Waals surface area contributed by atoms with Crippen molar-refractivity contribution in [1.82, 2.24) is 0 Å². The Kier molecular flexibility index (Phi) is 6.38. The summed E-state index contributed by atoms with van der Waals surface area (Å²) >= 11 is 1.41. The standard InChI is InChI=1S/C35H40O10S/c1-9-18-16-20(36)19-10-11-21-22(24(19)41-18)25(43-29(40)35-15-13-33(8,27(38)45-35)31(35,5)6)23(17(2)46-21)42-28(39)34-14-12-32(7,26(37)44-34)30(34,3)4/h10-11,16-17,23,25H,9,12-15H2,1-8H3/t17-,23-,25+,32-,33-,34+,35+/m1/s1. The number of esters is 4. The van der Waals surface area contributed by atoms with Gasteiger partial charge in [0.15, 0.2) is 17.6 Å². The number of carbonyl (C=O) groups is 4. The van der Waals surface area contributed by atoms with E-state index in [2.05, 4.69) is 0 Å². The van der Waals surface area contributed by atoms with Crippen LogP contribution < -0.4 is 5.43 Å². The van der Waals surface area contributed by atoms with Gasteiger partial charge in [-0.05, 0) is 58.6 Å². The lowest BCUT2D eigenvalue weighted by molar-refractivity contribution is -0.202. The van der Waals surface area contributed by atoms with Crippen molar-refractivity contribution in [2.45, 2.75) is 121 Å². The van der Waals surface area contributed by atoms with Crippen LogP contribution in [-0.2, 0) is 44.5 Å². The van der Waals surface area contributed by atoms with Crippen LogP contribution in [0.15, 0.2) is 32.3 Å². The van der Waals surface area contributed by atoms with E-state index >= 15 is 0 Å². The van der Waals surface area contributed by atoms with E-state index in [1.165, 1.54) is 17.8 Å². The van der Waals surface area contributed by atoms with Crippen molar-refractivity contribution >= 4 is 46.6 Å². The number of rotatable bonds is 5. The monoisotopic (exact) mass is 652 g/mol. The molecule has 0 unspecified atom stereocenters. The van der Waals surface area contributed by atoms with Crippen molar-refractivity contribution in [3.05, 3.63) is 39.7 Å². The molecule has 46 heavy (non-hydrogen) atoms. The fourth-order valence-corrected chi connectivity index (χ4v) is 9.83. The van der Waals surface area contributed by atoms with E-state index in [0.29, 0.717) is 47.3 Å². The summed E-state index contributed by atoms with van der Waals surface area (Å²) in [6, 6.07) is 4.91. The topological polar surface area (TPSA) is 135 Å². The average Bonchev–Trinajstić information content (AvgIpc) is 3.46. The predicted molar refractivity (Wildman–Crippen MR) is 166 cm³/mol. The Bertz CT molecular complexity index is 1810. The molecule has 3 aliphatic heterocycles. The van der Waals surface area contributed by atoms with Gasteiger partial charge < -0.3 is 23.4 Å². The van der Waals surface area contributed by atoms with Gasteiger partial charge in [0.05, 0.1) is 21.8 Å². The van der Waals surface area contributed by atoms with Gasteiger partial charge >= 0.3 is 23.9 Å². The molecule has 2 saturated heterocycles. The normalized spacial score (nSPS) is 38.0. The molecular weight excluding hydrogens is 612 g/mol. The molecule has 4 fully saturated rings. The van der Waals surface area contributed by atoms with Crippen LogP contribution in [0.4, 0.5) is 0 Å². The zero-order valence-electron chi connectivity index (χ0n) is 27.5. The molecule has 1 aromatic carbocycles. The van der Waals surface area contributed by atoms with Gasteiger partial charge in [-0.2, -0.15) is 0 Å². The van der Waals surface area contributed by atoms with E-state index in [-0.39, 0.29) is 17.4 Å². The summed E-state index contributed by atoms with van der Waals surface area (Å²) in [5.41, 5.74) is -6.09. The van der Waals surface area contributed by atoms with Crippen LogP contribution in [0.1, 0.15) is 98.5 Å². The Balaban J connectivity index is 1.35. The molecule has 4 bridgehead atoms. The Morgan fingerprint density at radius 2 is 1.39 bits per heavy atom. The van der Waals surface area contributed by atoms with E-state index < -0.39 is 74.2 Å². The first-order valence-corrected chi connectivity index (χ1v) is 16.9. The minimum Gasteiger partial charge on any atom is -0.460 e. The second kappa shape index (κ2) is 9.39. The summed E-state index contributed by atoms with van der Waals surface area (Å²) < 4.78 is 30.7. The summed E-state index contributed by atoms with van der Waals surface area (Å²) in [5, 5.41) is -0.130. The summed E-state index contributed by atoms with van der Waals surface area (Å²) in [5.74, 6) is -1.88. The zero-order valence-corrected chi connectivity index (χ0v) is 28.3. The quantitative estimate of drug-likeness (QED) is 0.295. The lowest BCUT2D eigenvalue weighted by atomic mass is 9.66. The Morgan fingerprint density at radius 1 is 0.848 bits per heavy atom. The minimum absolute atomic E-state index is 0.246. The van der Waals surface area contributed by atoms with Crippen molar-refractivity contribution in [2.24, 2.45) is 21.7 Å². The van der Waals surface area contributed by atoms with Crippen molar-refractivity contribution < 1.29 is 42.5 Å². The smallest absolute Gasteiger partial charge is 0.351 e. The Hall–Kier alpha value is -3.34. The van der Waals surface area contributed by atoms with Crippen molar-refractivity contribution in [3.8, 4) is 0 Å². The molecule has 0 radical (unpaired) electrons. The second-order valence-electron chi connectivity index (χ2n) is 15.2.